The number of thiazole rings is 1. The predicted octanol–water partition coefficient (Wildman–Crippen LogP) is 6.41. The summed E-state index contributed by atoms with van der Waals surface area (Å²) in [5.74, 6) is -0.442. The Morgan fingerprint density at radius 3 is 2.24 bits per heavy atom. The topological polar surface area (TPSA) is 79.4 Å². The van der Waals surface area contributed by atoms with E-state index in [9.17, 15) is 13.2 Å². The molecule has 8 heteroatoms. The number of nitrogens with one attached hydrogen (secondary N) is 1. The van der Waals surface area contributed by atoms with Crippen LogP contribution in [0.1, 0.15) is 11.1 Å². The van der Waals surface area contributed by atoms with Crippen LogP contribution in [-0.4, -0.2) is 25.9 Å². The molecule has 1 aromatic heterocycles. The number of aryl methyl sites for hydroxylation is 2. The lowest BCUT2D eigenvalue weighted by Gasteiger charge is -2.24. The van der Waals surface area contributed by atoms with Gasteiger partial charge in [0.25, 0.3) is 10.0 Å². The normalized spacial score (nSPS) is 11.4. The van der Waals surface area contributed by atoms with Crippen molar-refractivity contribution in [2.75, 3.05) is 16.2 Å². The Morgan fingerprint density at radius 2 is 1.54 bits per heavy atom. The van der Waals surface area contributed by atoms with Crippen molar-refractivity contribution >= 4 is 48.9 Å². The largest absolute Gasteiger partial charge is 0.325 e. The van der Waals surface area contributed by atoms with Gasteiger partial charge >= 0.3 is 0 Å². The first-order valence-corrected chi connectivity index (χ1v) is 14.0. The van der Waals surface area contributed by atoms with Gasteiger partial charge in [0.15, 0.2) is 0 Å². The maximum atomic E-state index is 13.5. The van der Waals surface area contributed by atoms with E-state index in [-0.39, 0.29) is 11.4 Å². The quantitative estimate of drug-likeness (QED) is 0.265. The lowest BCUT2D eigenvalue weighted by molar-refractivity contribution is -0.114. The minimum absolute atomic E-state index is 0.130. The summed E-state index contributed by atoms with van der Waals surface area (Å²) in [6, 6.07) is 28.8. The number of para-hydroxylation sites is 1. The molecule has 1 amide bonds. The van der Waals surface area contributed by atoms with Gasteiger partial charge < -0.3 is 5.32 Å². The Balaban J connectivity index is 1.35. The van der Waals surface area contributed by atoms with E-state index in [1.165, 1.54) is 5.56 Å². The average molecular weight is 528 g/mol. The van der Waals surface area contributed by atoms with Crippen LogP contribution < -0.4 is 9.62 Å². The molecule has 1 heterocycles. The molecule has 4 aromatic carbocycles. The molecule has 0 atom stereocenters. The molecule has 0 aliphatic carbocycles. The zero-order valence-electron chi connectivity index (χ0n) is 20.4. The Bertz CT molecular complexity index is 1660. The molecule has 5 rings (SSSR count). The van der Waals surface area contributed by atoms with E-state index in [4.69, 9.17) is 4.98 Å². The fraction of sp³-hybridized carbons (Fsp3) is 0.103. The number of rotatable bonds is 7. The van der Waals surface area contributed by atoms with E-state index in [0.29, 0.717) is 11.4 Å². The van der Waals surface area contributed by atoms with Gasteiger partial charge in [0.2, 0.25) is 5.91 Å². The molecule has 37 heavy (non-hydrogen) atoms. The van der Waals surface area contributed by atoms with Crippen molar-refractivity contribution in [3.05, 3.63) is 108 Å². The fourth-order valence-corrected chi connectivity index (χ4v) is 6.42. The molecule has 0 bridgehead atoms. The SMILES string of the molecule is Cc1ccc(S(=O)(=O)N(CC(=O)Nc2ccc(-c3nc4ccc(C)cc4s3)cc2)c2ccccc2)cc1. The molecule has 6 nitrogen and oxygen atoms in total. The van der Waals surface area contributed by atoms with Gasteiger partial charge in [-0.15, -0.1) is 11.3 Å². The summed E-state index contributed by atoms with van der Waals surface area (Å²) in [5.41, 5.74) is 5.04. The highest BCUT2D eigenvalue weighted by atomic mass is 32.2. The highest BCUT2D eigenvalue weighted by Crippen LogP contribution is 2.31. The molecule has 5 aromatic rings. The number of nitrogens with zero attached hydrogens (tertiary/aromatic N) is 2. The smallest absolute Gasteiger partial charge is 0.264 e. The van der Waals surface area contributed by atoms with Crippen LogP contribution in [0.5, 0.6) is 0 Å². The zero-order chi connectivity index (χ0) is 26.0. The summed E-state index contributed by atoms with van der Waals surface area (Å²) < 4.78 is 29.2. The van der Waals surface area contributed by atoms with Gasteiger partial charge in [-0.3, -0.25) is 9.10 Å². The van der Waals surface area contributed by atoms with Gasteiger partial charge in [-0.1, -0.05) is 42.0 Å². The number of fused-ring (bicyclic) bond motifs is 1. The highest BCUT2D eigenvalue weighted by molar-refractivity contribution is 7.92. The Morgan fingerprint density at radius 1 is 0.865 bits per heavy atom. The van der Waals surface area contributed by atoms with Crippen molar-refractivity contribution in [2.24, 2.45) is 0 Å². The van der Waals surface area contributed by atoms with E-state index in [1.54, 1.807) is 78.1 Å². The molecule has 0 saturated heterocycles. The molecule has 1 N–H and O–H groups in total. The van der Waals surface area contributed by atoms with Gasteiger partial charge in [-0.2, -0.15) is 0 Å². The number of benzene rings is 4. The molecule has 0 fully saturated rings. The van der Waals surface area contributed by atoms with E-state index >= 15 is 0 Å². The first kappa shape index (κ1) is 24.7. The van der Waals surface area contributed by atoms with Crippen LogP contribution in [0.4, 0.5) is 11.4 Å². The lowest BCUT2D eigenvalue weighted by Crippen LogP contribution is -2.38. The van der Waals surface area contributed by atoms with Crippen molar-refractivity contribution in [3.8, 4) is 10.6 Å². The second-order valence-electron chi connectivity index (χ2n) is 8.78. The van der Waals surface area contributed by atoms with E-state index in [2.05, 4.69) is 18.3 Å². The minimum atomic E-state index is -3.95. The molecular formula is C29H25N3O3S2. The van der Waals surface area contributed by atoms with E-state index < -0.39 is 15.9 Å². The molecule has 186 valence electrons. The summed E-state index contributed by atoms with van der Waals surface area (Å²) in [5, 5.41) is 3.73. The molecule has 0 aliphatic rings. The first-order valence-electron chi connectivity index (χ1n) is 11.7. The number of sulfonamides is 1. The molecule has 0 radical (unpaired) electrons. The lowest BCUT2D eigenvalue weighted by atomic mass is 10.2. The Hall–Kier alpha value is -4.01. The van der Waals surface area contributed by atoms with Crippen LogP contribution >= 0.6 is 11.3 Å². The standard InChI is InChI=1S/C29H25N3O3S2/c1-20-8-15-25(16-9-20)37(34,35)32(24-6-4-3-5-7-24)19-28(33)30-23-13-11-22(12-14-23)29-31-26-17-10-21(2)18-27(26)36-29/h3-18H,19H2,1-2H3,(H,30,33). The summed E-state index contributed by atoms with van der Waals surface area (Å²) in [6.45, 7) is 3.59. The van der Waals surface area contributed by atoms with E-state index in [0.717, 1.165) is 30.7 Å². The number of hydrogen-bond acceptors (Lipinski definition) is 5. The third-order valence-electron chi connectivity index (χ3n) is 5.90. The molecular weight excluding hydrogens is 502 g/mol. The second-order valence-corrected chi connectivity index (χ2v) is 11.7. The predicted molar refractivity (Wildman–Crippen MR) is 151 cm³/mol. The summed E-state index contributed by atoms with van der Waals surface area (Å²) in [4.78, 5) is 17.8. The zero-order valence-corrected chi connectivity index (χ0v) is 22.0. The maximum Gasteiger partial charge on any atom is 0.264 e. The van der Waals surface area contributed by atoms with E-state index in [1.807, 2.05) is 31.2 Å². The highest BCUT2D eigenvalue weighted by Gasteiger charge is 2.27. The van der Waals surface area contributed by atoms with Crippen LogP contribution in [-0.2, 0) is 14.8 Å². The van der Waals surface area contributed by atoms with Gasteiger partial charge in [-0.05, 0) is 80.1 Å². The number of carbonyl (C=O) groups excluding carboxylic acids is 1. The first-order chi connectivity index (χ1) is 17.8. The molecule has 0 unspecified atom stereocenters. The van der Waals surface area contributed by atoms with Crippen LogP contribution in [0.3, 0.4) is 0 Å². The summed E-state index contributed by atoms with van der Waals surface area (Å²) in [6.07, 6.45) is 0. The minimum Gasteiger partial charge on any atom is -0.325 e. The Labute approximate surface area is 220 Å². The van der Waals surface area contributed by atoms with Crippen molar-refractivity contribution in [2.45, 2.75) is 18.7 Å². The number of hydrogen-bond donors (Lipinski definition) is 1. The molecule has 0 saturated carbocycles. The number of aromatic nitrogens is 1. The molecule has 0 aliphatic heterocycles. The third-order valence-corrected chi connectivity index (χ3v) is 8.76. The van der Waals surface area contributed by atoms with Crippen molar-refractivity contribution < 1.29 is 13.2 Å². The summed E-state index contributed by atoms with van der Waals surface area (Å²) in [7, 11) is -3.95. The van der Waals surface area contributed by atoms with Crippen LogP contribution in [0, 0.1) is 13.8 Å². The van der Waals surface area contributed by atoms with Gasteiger partial charge in [-0.25, -0.2) is 13.4 Å². The van der Waals surface area contributed by atoms with Crippen molar-refractivity contribution in [1.82, 2.24) is 4.98 Å². The second kappa shape index (κ2) is 10.2. The summed E-state index contributed by atoms with van der Waals surface area (Å²) >= 11 is 1.62. The monoisotopic (exact) mass is 527 g/mol. The number of anilines is 2. The van der Waals surface area contributed by atoms with Gasteiger partial charge in [0.1, 0.15) is 11.6 Å². The van der Waals surface area contributed by atoms with Crippen LogP contribution in [0.2, 0.25) is 0 Å². The average Bonchev–Trinajstić information content (AvgIpc) is 3.31. The number of amides is 1. The Kier molecular flexibility index (Phi) is 6.78. The fourth-order valence-electron chi connectivity index (χ4n) is 3.93. The van der Waals surface area contributed by atoms with Crippen LogP contribution in [0.25, 0.3) is 20.8 Å². The van der Waals surface area contributed by atoms with Gasteiger partial charge in [0.05, 0.1) is 20.8 Å². The van der Waals surface area contributed by atoms with Crippen LogP contribution in [0.15, 0.2) is 102 Å². The third kappa shape index (κ3) is 5.40. The maximum absolute atomic E-state index is 13.5. The van der Waals surface area contributed by atoms with Crippen molar-refractivity contribution in [1.29, 1.82) is 0 Å². The number of carbonyl (C=O) groups is 1. The van der Waals surface area contributed by atoms with Gasteiger partial charge in [0, 0.05) is 11.3 Å². The van der Waals surface area contributed by atoms with Crippen molar-refractivity contribution in [3.63, 3.8) is 0 Å². The molecule has 0 spiro atoms.